The van der Waals surface area contributed by atoms with E-state index in [0.29, 0.717) is 13.0 Å². The summed E-state index contributed by atoms with van der Waals surface area (Å²) in [7, 11) is 0. The second-order valence-electron chi connectivity index (χ2n) is 4.33. The summed E-state index contributed by atoms with van der Waals surface area (Å²) < 4.78 is 0. The number of nitrogens with two attached hydrogens (primary N) is 1. The molecule has 18 heavy (non-hydrogen) atoms. The van der Waals surface area contributed by atoms with Crippen LogP contribution in [0.2, 0.25) is 0 Å². The number of nitrogens with one attached hydrogen (secondary N) is 1. The van der Waals surface area contributed by atoms with Crippen LogP contribution in [0.3, 0.4) is 0 Å². The summed E-state index contributed by atoms with van der Waals surface area (Å²) >= 11 is 0. The number of amides is 1. The van der Waals surface area contributed by atoms with Gasteiger partial charge in [0, 0.05) is 13.0 Å². The summed E-state index contributed by atoms with van der Waals surface area (Å²) in [4.78, 5) is 11.5. The van der Waals surface area contributed by atoms with E-state index in [9.17, 15) is 9.90 Å². The Morgan fingerprint density at radius 3 is 2.61 bits per heavy atom. The molecule has 0 bridgehead atoms. The fourth-order valence-electron chi connectivity index (χ4n) is 1.70. The molecule has 1 rings (SSSR count). The third-order valence-electron chi connectivity index (χ3n) is 2.78. The van der Waals surface area contributed by atoms with Gasteiger partial charge < -0.3 is 16.2 Å². The first-order chi connectivity index (χ1) is 8.74. The number of benzene rings is 1. The van der Waals surface area contributed by atoms with E-state index in [1.807, 2.05) is 30.3 Å². The largest absolute Gasteiger partial charge is 0.387 e. The SMILES string of the molecule is NCCCCCC(=O)NCC(O)c1ccccc1. The monoisotopic (exact) mass is 250 g/mol. The second-order valence-corrected chi connectivity index (χ2v) is 4.33. The summed E-state index contributed by atoms with van der Waals surface area (Å²) in [6.07, 6.45) is 2.65. The minimum Gasteiger partial charge on any atom is -0.387 e. The Balaban J connectivity index is 2.18. The molecule has 0 aromatic heterocycles. The highest BCUT2D eigenvalue weighted by Crippen LogP contribution is 2.10. The number of aliphatic hydroxyl groups is 1. The van der Waals surface area contributed by atoms with E-state index < -0.39 is 6.10 Å². The third-order valence-corrected chi connectivity index (χ3v) is 2.78. The van der Waals surface area contributed by atoms with Gasteiger partial charge in [0.25, 0.3) is 0 Å². The lowest BCUT2D eigenvalue weighted by Crippen LogP contribution is -2.28. The Morgan fingerprint density at radius 1 is 1.22 bits per heavy atom. The zero-order valence-corrected chi connectivity index (χ0v) is 10.6. The molecule has 1 atom stereocenters. The maximum Gasteiger partial charge on any atom is 0.220 e. The molecular weight excluding hydrogens is 228 g/mol. The average molecular weight is 250 g/mol. The molecule has 0 saturated heterocycles. The first-order valence-corrected chi connectivity index (χ1v) is 6.44. The fourth-order valence-corrected chi connectivity index (χ4v) is 1.70. The Hall–Kier alpha value is -1.39. The molecule has 0 aliphatic carbocycles. The molecule has 0 aliphatic rings. The number of aliphatic hydroxyl groups excluding tert-OH is 1. The summed E-state index contributed by atoms with van der Waals surface area (Å²) in [6.45, 7) is 0.939. The lowest BCUT2D eigenvalue weighted by molar-refractivity contribution is -0.121. The predicted molar refractivity (Wildman–Crippen MR) is 71.9 cm³/mol. The molecule has 1 amide bonds. The van der Waals surface area contributed by atoms with Crippen molar-refractivity contribution in [3.05, 3.63) is 35.9 Å². The molecule has 4 nitrogen and oxygen atoms in total. The summed E-state index contributed by atoms with van der Waals surface area (Å²) in [5, 5.41) is 12.6. The number of rotatable bonds is 8. The highest BCUT2D eigenvalue weighted by molar-refractivity contribution is 5.75. The molecule has 0 heterocycles. The van der Waals surface area contributed by atoms with E-state index in [1.54, 1.807) is 0 Å². The second kappa shape index (κ2) is 8.66. The van der Waals surface area contributed by atoms with Crippen molar-refractivity contribution in [1.29, 1.82) is 0 Å². The van der Waals surface area contributed by atoms with E-state index in [-0.39, 0.29) is 12.5 Å². The highest BCUT2D eigenvalue weighted by atomic mass is 16.3. The molecule has 100 valence electrons. The molecule has 0 saturated carbocycles. The van der Waals surface area contributed by atoms with Crippen LogP contribution in [0, 0.1) is 0 Å². The van der Waals surface area contributed by atoms with Crippen molar-refractivity contribution < 1.29 is 9.90 Å². The van der Waals surface area contributed by atoms with Gasteiger partial charge in [-0.15, -0.1) is 0 Å². The van der Waals surface area contributed by atoms with E-state index in [0.717, 1.165) is 24.8 Å². The number of unbranched alkanes of at least 4 members (excludes halogenated alkanes) is 2. The Morgan fingerprint density at radius 2 is 1.94 bits per heavy atom. The van der Waals surface area contributed by atoms with Gasteiger partial charge in [-0.1, -0.05) is 36.8 Å². The van der Waals surface area contributed by atoms with Crippen LogP contribution in [0.4, 0.5) is 0 Å². The first kappa shape index (κ1) is 14.7. The Kier molecular flexibility index (Phi) is 7.06. The third kappa shape index (κ3) is 5.80. The van der Waals surface area contributed by atoms with Crippen LogP contribution in [-0.2, 0) is 4.79 Å². The smallest absolute Gasteiger partial charge is 0.220 e. The molecule has 1 unspecified atom stereocenters. The molecule has 0 aliphatic heterocycles. The predicted octanol–water partition coefficient (Wildman–Crippen LogP) is 1.36. The van der Waals surface area contributed by atoms with Gasteiger partial charge in [-0.3, -0.25) is 4.79 Å². The quantitative estimate of drug-likeness (QED) is 0.610. The molecule has 4 heteroatoms. The summed E-state index contributed by atoms with van der Waals surface area (Å²) in [6, 6.07) is 9.32. The minimum absolute atomic E-state index is 0.0120. The highest BCUT2D eigenvalue weighted by Gasteiger charge is 2.08. The van der Waals surface area contributed by atoms with Crippen molar-refractivity contribution in [3.8, 4) is 0 Å². The van der Waals surface area contributed by atoms with E-state index in [1.165, 1.54) is 0 Å². The molecule has 0 fully saturated rings. The van der Waals surface area contributed by atoms with Gasteiger partial charge in [0.1, 0.15) is 0 Å². The Bertz CT molecular complexity index is 341. The van der Waals surface area contributed by atoms with Crippen LogP contribution in [0.1, 0.15) is 37.4 Å². The van der Waals surface area contributed by atoms with Crippen molar-refractivity contribution in [2.75, 3.05) is 13.1 Å². The van der Waals surface area contributed by atoms with Crippen LogP contribution >= 0.6 is 0 Å². The zero-order chi connectivity index (χ0) is 13.2. The number of carbonyl (C=O) groups is 1. The van der Waals surface area contributed by atoms with Crippen molar-refractivity contribution in [3.63, 3.8) is 0 Å². The summed E-state index contributed by atoms with van der Waals surface area (Å²) in [5.74, 6) is -0.0120. The molecule has 0 spiro atoms. The normalized spacial score (nSPS) is 12.1. The van der Waals surface area contributed by atoms with Crippen LogP contribution in [0.15, 0.2) is 30.3 Å². The maximum absolute atomic E-state index is 11.5. The van der Waals surface area contributed by atoms with Crippen molar-refractivity contribution in [1.82, 2.24) is 5.32 Å². The molecule has 0 radical (unpaired) electrons. The Labute approximate surface area is 108 Å². The standard InChI is InChI=1S/C14H22N2O2/c15-10-6-2-5-9-14(18)16-11-13(17)12-7-3-1-4-8-12/h1,3-4,7-8,13,17H,2,5-6,9-11,15H2,(H,16,18). The maximum atomic E-state index is 11.5. The van der Waals surface area contributed by atoms with Gasteiger partial charge in [-0.25, -0.2) is 0 Å². The van der Waals surface area contributed by atoms with E-state index >= 15 is 0 Å². The van der Waals surface area contributed by atoms with Crippen LogP contribution in [-0.4, -0.2) is 24.1 Å². The van der Waals surface area contributed by atoms with E-state index in [2.05, 4.69) is 5.32 Å². The number of hydrogen-bond donors (Lipinski definition) is 3. The molecule has 1 aromatic carbocycles. The van der Waals surface area contributed by atoms with Crippen LogP contribution in [0.25, 0.3) is 0 Å². The van der Waals surface area contributed by atoms with Gasteiger partial charge >= 0.3 is 0 Å². The van der Waals surface area contributed by atoms with Gasteiger partial charge in [-0.2, -0.15) is 0 Å². The van der Waals surface area contributed by atoms with Crippen molar-refractivity contribution >= 4 is 5.91 Å². The molecular formula is C14H22N2O2. The van der Waals surface area contributed by atoms with Crippen LogP contribution in [0.5, 0.6) is 0 Å². The number of hydrogen-bond acceptors (Lipinski definition) is 3. The molecule has 4 N–H and O–H groups in total. The zero-order valence-electron chi connectivity index (χ0n) is 10.6. The van der Waals surface area contributed by atoms with Gasteiger partial charge in [-0.05, 0) is 24.9 Å². The van der Waals surface area contributed by atoms with Crippen molar-refractivity contribution in [2.45, 2.75) is 31.8 Å². The lowest BCUT2D eigenvalue weighted by atomic mass is 10.1. The topological polar surface area (TPSA) is 75.4 Å². The number of carbonyl (C=O) groups excluding carboxylic acids is 1. The molecule has 1 aromatic rings. The van der Waals surface area contributed by atoms with Crippen LogP contribution < -0.4 is 11.1 Å². The lowest BCUT2D eigenvalue weighted by Gasteiger charge is -2.12. The fraction of sp³-hybridized carbons (Fsp3) is 0.500. The minimum atomic E-state index is -0.640. The van der Waals surface area contributed by atoms with E-state index in [4.69, 9.17) is 5.73 Å². The van der Waals surface area contributed by atoms with Gasteiger partial charge in [0.2, 0.25) is 5.91 Å². The first-order valence-electron chi connectivity index (χ1n) is 6.44. The summed E-state index contributed by atoms with van der Waals surface area (Å²) in [5.41, 5.74) is 6.19. The van der Waals surface area contributed by atoms with Gasteiger partial charge in [0.05, 0.1) is 6.10 Å². The average Bonchev–Trinajstić information content (AvgIpc) is 2.42. The van der Waals surface area contributed by atoms with Crippen molar-refractivity contribution in [2.24, 2.45) is 5.73 Å². The van der Waals surface area contributed by atoms with Gasteiger partial charge in [0.15, 0.2) is 0 Å².